The minimum atomic E-state index is 0.321. The summed E-state index contributed by atoms with van der Waals surface area (Å²) in [6, 6.07) is 7.07. The zero-order chi connectivity index (χ0) is 14.0. The molecule has 2 fully saturated rings. The number of nitrogens with zero attached hydrogens (tertiary/aromatic N) is 1. The first-order valence-corrected chi connectivity index (χ1v) is 8.05. The summed E-state index contributed by atoms with van der Waals surface area (Å²) in [7, 11) is 0. The van der Waals surface area contributed by atoms with Crippen LogP contribution in [0.3, 0.4) is 0 Å². The summed E-state index contributed by atoms with van der Waals surface area (Å²) in [6.07, 6.45) is 8.88. The van der Waals surface area contributed by atoms with E-state index in [4.69, 9.17) is 4.74 Å². The van der Waals surface area contributed by atoms with Crippen molar-refractivity contribution in [3.63, 3.8) is 0 Å². The molecule has 3 nitrogen and oxygen atoms in total. The molecule has 20 heavy (non-hydrogen) atoms. The van der Waals surface area contributed by atoms with Gasteiger partial charge in [0.1, 0.15) is 0 Å². The zero-order valence-corrected chi connectivity index (χ0v) is 12.6. The number of hydrogen-bond acceptors (Lipinski definition) is 3. The van der Waals surface area contributed by atoms with E-state index in [1.165, 1.54) is 25.7 Å². The van der Waals surface area contributed by atoms with Gasteiger partial charge in [0, 0.05) is 30.3 Å². The second kappa shape index (κ2) is 5.82. The van der Waals surface area contributed by atoms with Crippen LogP contribution in [0, 0.1) is 5.41 Å². The van der Waals surface area contributed by atoms with Gasteiger partial charge in [0.25, 0.3) is 0 Å². The SMILES string of the molecule is CCOC1CC(NC(C)c2ccccn2)C12CCCC2. The van der Waals surface area contributed by atoms with Crippen LogP contribution >= 0.6 is 0 Å². The number of ether oxygens (including phenoxy) is 1. The average Bonchev–Trinajstić information content (AvgIpc) is 2.99. The Morgan fingerprint density at radius 1 is 1.40 bits per heavy atom. The fourth-order valence-electron chi connectivity index (χ4n) is 4.14. The van der Waals surface area contributed by atoms with Gasteiger partial charge in [0.05, 0.1) is 11.8 Å². The predicted molar refractivity (Wildman–Crippen MR) is 80.5 cm³/mol. The predicted octanol–water partition coefficient (Wildman–Crippen LogP) is 3.47. The highest BCUT2D eigenvalue weighted by atomic mass is 16.5. The maximum absolute atomic E-state index is 5.98. The second-order valence-corrected chi connectivity index (χ2v) is 6.32. The molecule has 3 unspecified atom stereocenters. The third-order valence-corrected chi connectivity index (χ3v) is 5.27. The Labute approximate surface area is 122 Å². The topological polar surface area (TPSA) is 34.1 Å². The average molecular weight is 274 g/mol. The Hall–Kier alpha value is -0.930. The third-order valence-electron chi connectivity index (χ3n) is 5.27. The fourth-order valence-corrected chi connectivity index (χ4v) is 4.14. The van der Waals surface area contributed by atoms with Crippen LogP contribution in [0.25, 0.3) is 0 Å². The highest BCUT2D eigenvalue weighted by Gasteiger charge is 2.56. The van der Waals surface area contributed by atoms with Crippen molar-refractivity contribution in [1.82, 2.24) is 10.3 Å². The van der Waals surface area contributed by atoms with Crippen molar-refractivity contribution in [3.05, 3.63) is 30.1 Å². The summed E-state index contributed by atoms with van der Waals surface area (Å²) in [4.78, 5) is 4.47. The lowest BCUT2D eigenvalue weighted by atomic mass is 9.60. The molecule has 1 aromatic rings. The monoisotopic (exact) mass is 274 g/mol. The van der Waals surface area contributed by atoms with Gasteiger partial charge in [0.15, 0.2) is 0 Å². The summed E-state index contributed by atoms with van der Waals surface area (Å²) in [5, 5.41) is 3.81. The number of aromatic nitrogens is 1. The van der Waals surface area contributed by atoms with Crippen LogP contribution in [0.2, 0.25) is 0 Å². The molecule has 3 heteroatoms. The molecule has 2 aliphatic rings. The molecule has 3 atom stereocenters. The first-order valence-electron chi connectivity index (χ1n) is 8.05. The van der Waals surface area contributed by atoms with E-state index in [1.54, 1.807) is 0 Å². The summed E-state index contributed by atoms with van der Waals surface area (Å²) >= 11 is 0. The van der Waals surface area contributed by atoms with Crippen LogP contribution < -0.4 is 5.32 Å². The van der Waals surface area contributed by atoms with Crippen LogP contribution in [0.1, 0.15) is 57.7 Å². The summed E-state index contributed by atoms with van der Waals surface area (Å²) in [5.41, 5.74) is 1.54. The lowest BCUT2D eigenvalue weighted by Gasteiger charge is -2.55. The van der Waals surface area contributed by atoms with Crippen LogP contribution in [0.15, 0.2) is 24.4 Å². The van der Waals surface area contributed by atoms with E-state index in [9.17, 15) is 0 Å². The van der Waals surface area contributed by atoms with Crippen molar-refractivity contribution in [2.24, 2.45) is 5.41 Å². The molecule has 1 spiro atoms. The zero-order valence-electron chi connectivity index (χ0n) is 12.6. The molecule has 110 valence electrons. The van der Waals surface area contributed by atoms with Gasteiger partial charge in [-0.1, -0.05) is 18.9 Å². The first kappa shape index (κ1) is 14.0. The van der Waals surface area contributed by atoms with E-state index in [0.29, 0.717) is 23.6 Å². The molecule has 0 saturated heterocycles. The van der Waals surface area contributed by atoms with Crippen molar-refractivity contribution in [3.8, 4) is 0 Å². The van der Waals surface area contributed by atoms with Crippen molar-refractivity contribution in [2.75, 3.05) is 6.61 Å². The Balaban J connectivity index is 1.66. The van der Waals surface area contributed by atoms with Crippen molar-refractivity contribution < 1.29 is 4.74 Å². The molecule has 1 aromatic heterocycles. The lowest BCUT2D eigenvalue weighted by molar-refractivity contribution is -0.132. The molecular formula is C17H26N2O. The molecule has 0 bridgehead atoms. The summed E-state index contributed by atoms with van der Waals surface area (Å²) in [6.45, 7) is 5.17. The fraction of sp³-hybridized carbons (Fsp3) is 0.706. The van der Waals surface area contributed by atoms with Crippen molar-refractivity contribution in [2.45, 2.75) is 64.1 Å². The molecule has 0 aromatic carbocycles. The Morgan fingerprint density at radius 2 is 2.20 bits per heavy atom. The molecular weight excluding hydrogens is 248 g/mol. The summed E-state index contributed by atoms with van der Waals surface area (Å²) < 4.78 is 5.98. The van der Waals surface area contributed by atoms with Gasteiger partial charge < -0.3 is 10.1 Å². The largest absolute Gasteiger partial charge is 0.378 e. The van der Waals surface area contributed by atoms with Gasteiger partial charge >= 0.3 is 0 Å². The molecule has 1 N–H and O–H groups in total. The number of hydrogen-bond donors (Lipinski definition) is 1. The molecule has 1 heterocycles. The van der Waals surface area contributed by atoms with E-state index in [0.717, 1.165) is 18.7 Å². The van der Waals surface area contributed by atoms with Gasteiger partial charge in [-0.3, -0.25) is 4.98 Å². The van der Waals surface area contributed by atoms with Crippen molar-refractivity contribution >= 4 is 0 Å². The normalized spacial score (nSPS) is 29.3. The maximum atomic E-state index is 5.98. The van der Waals surface area contributed by atoms with E-state index in [2.05, 4.69) is 36.3 Å². The van der Waals surface area contributed by atoms with E-state index < -0.39 is 0 Å². The minimum Gasteiger partial charge on any atom is -0.378 e. The standard InChI is InChI=1S/C17H26N2O/c1-3-20-16-12-15(17(16)9-5-6-10-17)19-13(2)14-8-4-7-11-18-14/h4,7-8,11,13,15-16,19H,3,5-6,9-10,12H2,1-2H3. The van der Waals surface area contributed by atoms with Gasteiger partial charge in [-0.05, 0) is 45.2 Å². The Bertz CT molecular complexity index is 428. The van der Waals surface area contributed by atoms with Gasteiger partial charge in [-0.2, -0.15) is 0 Å². The highest BCUT2D eigenvalue weighted by molar-refractivity contribution is 5.13. The number of rotatable bonds is 5. The van der Waals surface area contributed by atoms with Gasteiger partial charge in [-0.15, -0.1) is 0 Å². The third kappa shape index (κ3) is 2.38. The Kier molecular flexibility index (Phi) is 4.08. The molecule has 2 aliphatic carbocycles. The molecule has 0 radical (unpaired) electrons. The number of nitrogens with one attached hydrogen (secondary N) is 1. The number of pyridine rings is 1. The smallest absolute Gasteiger partial charge is 0.0661 e. The summed E-state index contributed by atoms with van der Waals surface area (Å²) in [5.74, 6) is 0. The van der Waals surface area contributed by atoms with Crippen LogP contribution in [-0.2, 0) is 4.74 Å². The van der Waals surface area contributed by atoms with Gasteiger partial charge in [-0.25, -0.2) is 0 Å². The van der Waals surface area contributed by atoms with Crippen LogP contribution in [-0.4, -0.2) is 23.7 Å². The van der Waals surface area contributed by atoms with E-state index in [1.807, 2.05) is 12.3 Å². The van der Waals surface area contributed by atoms with Crippen LogP contribution in [0.5, 0.6) is 0 Å². The second-order valence-electron chi connectivity index (χ2n) is 6.32. The first-order chi connectivity index (χ1) is 9.76. The van der Waals surface area contributed by atoms with Gasteiger partial charge in [0.2, 0.25) is 0 Å². The lowest BCUT2D eigenvalue weighted by Crippen LogP contribution is -2.63. The quantitative estimate of drug-likeness (QED) is 0.892. The van der Waals surface area contributed by atoms with E-state index in [-0.39, 0.29) is 0 Å². The molecule has 2 saturated carbocycles. The minimum absolute atomic E-state index is 0.321. The maximum Gasteiger partial charge on any atom is 0.0661 e. The van der Waals surface area contributed by atoms with Crippen molar-refractivity contribution in [1.29, 1.82) is 0 Å². The molecule has 0 amide bonds. The van der Waals surface area contributed by atoms with E-state index >= 15 is 0 Å². The highest BCUT2D eigenvalue weighted by Crippen LogP contribution is 2.55. The Morgan fingerprint density at radius 3 is 2.85 bits per heavy atom. The molecule has 3 rings (SSSR count). The van der Waals surface area contributed by atoms with Crippen LogP contribution in [0.4, 0.5) is 0 Å². The molecule has 0 aliphatic heterocycles.